The molecule has 0 bridgehead atoms. The number of allylic oxidation sites excluding steroid dienone is 1. The highest BCUT2D eigenvalue weighted by atomic mass is 32.2. The van der Waals surface area contributed by atoms with Gasteiger partial charge in [0.1, 0.15) is 11.5 Å². The predicted octanol–water partition coefficient (Wildman–Crippen LogP) is 4.63. The summed E-state index contributed by atoms with van der Waals surface area (Å²) in [6.45, 7) is 1.75. The normalized spacial score (nSPS) is 20.2. The molecule has 4 aromatic rings. The molecule has 2 aliphatic rings. The predicted molar refractivity (Wildman–Crippen MR) is 149 cm³/mol. The fourth-order valence-corrected chi connectivity index (χ4v) is 7.84. The quantitative estimate of drug-likeness (QED) is 0.216. The summed E-state index contributed by atoms with van der Waals surface area (Å²) in [7, 11) is -2.62. The van der Waals surface area contributed by atoms with Crippen molar-refractivity contribution in [1.29, 1.82) is 0 Å². The van der Waals surface area contributed by atoms with E-state index in [0.29, 0.717) is 28.9 Å². The van der Waals surface area contributed by atoms with Crippen LogP contribution >= 0.6 is 0 Å². The second-order valence-corrected chi connectivity index (χ2v) is 12.7. The van der Waals surface area contributed by atoms with Crippen LogP contribution in [-0.4, -0.2) is 60.9 Å². The van der Waals surface area contributed by atoms with Crippen molar-refractivity contribution < 1.29 is 30.8 Å². The summed E-state index contributed by atoms with van der Waals surface area (Å²) in [5, 5.41) is 12.1. The summed E-state index contributed by atoms with van der Waals surface area (Å²) in [6, 6.07) is 6.59. The Bertz CT molecular complexity index is 1880. The number of sulfonamides is 1. The second kappa shape index (κ2) is 10.7. The first-order valence-corrected chi connectivity index (χ1v) is 15.3. The van der Waals surface area contributed by atoms with Crippen molar-refractivity contribution in [3.63, 3.8) is 0 Å². The van der Waals surface area contributed by atoms with Crippen LogP contribution in [0.1, 0.15) is 53.5 Å². The number of alkyl halides is 3. The Morgan fingerprint density at radius 1 is 1.14 bits per heavy atom. The summed E-state index contributed by atoms with van der Waals surface area (Å²) in [4.78, 5) is 19.6. The van der Waals surface area contributed by atoms with Gasteiger partial charge in [0.25, 0.3) is 10.0 Å². The first-order chi connectivity index (χ1) is 20.8. The maximum absolute atomic E-state index is 14.4. The van der Waals surface area contributed by atoms with Crippen molar-refractivity contribution >= 4 is 21.9 Å². The maximum atomic E-state index is 14.4. The fraction of sp³-hybridized carbons (Fsp3) is 0.345. The maximum Gasteiger partial charge on any atom is 0.416 e. The third-order valence-electron chi connectivity index (χ3n) is 8.33. The van der Waals surface area contributed by atoms with Crippen LogP contribution in [0.15, 0.2) is 65.6 Å². The van der Waals surface area contributed by atoms with E-state index >= 15 is 0 Å². The SMILES string of the molecule is CCN([C@H]1CCC2=Cc3c(cnn3-c3ccc(F)cc3)C[C@]2(C(=O)c2cc(C(F)(F)F)ccn2)C1)S(=O)(=O)c1cnn(C)n1. The van der Waals surface area contributed by atoms with Crippen LogP contribution < -0.4 is 0 Å². The molecule has 10 nitrogen and oxygen atoms in total. The topological polar surface area (TPSA) is 116 Å². The van der Waals surface area contributed by atoms with Crippen molar-refractivity contribution in [3.8, 4) is 5.69 Å². The Kier molecular flexibility index (Phi) is 7.27. The highest BCUT2D eigenvalue weighted by Gasteiger charge is 2.52. The van der Waals surface area contributed by atoms with Crippen LogP contribution in [0.4, 0.5) is 17.6 Å². The molecule has 1 fully saturated rings. The number of carbonyl (C=O) groups excluding carboxylic acids is 1. The van der Waals surface area contributed by atoms with Crippen LogP contribution in [-0.2, 0) is 29.7 Å². The highest BCUT2D eigenvalue weighted by molar-refractivity contribution is 7.89. The number of rotatable bonds is 7. The third kappa shape index (κ3) is 5.03. The van der Waals surface area contributed by atoms with Gasteiger partial charge < -0.3 is 0 Å². The van der Waals surface area contributed by atoms with E-state index < -0.39 is 44.8 Å². The Morgan fingerprint density at radius 2 is 1.89 bits per heavy atom. The number of aryl methyl sites for hydroxylation is 1. The lowest BCUT2D eigenvalue weighted by Crippen LogP contribution is -2.50. The molecule has 1 saturated carbocycles. The van der Waals surface area contributed by atoms with E-state index in [4.69, 9.17) is 0 Å². The van der Waals surface area contributed by atoms with E-state index in [0.717, 1.165) is 29.3 Å². The average Bonchev–Trinajstić information content (AvgIpc) is 3.62. The van der Waals surface area contributed by atoms with Crippen LogP contribution in [0.5, 0.6) is 0 Å². The molecule has 0 amide bonds. The summed E-state index contributed by atoms with van der Waals surface area (Å²) < 4.78 is 84.7. The third-order valence-corrected chi connectivity index (χ3v) is 10.2. The number of aromatic nitrogens is 6. The molecule has 3 aromatic heterocycles. The molecule has 0 saturated heterocycles. The lowest BCUT2D eigenvalue weighted by molar-refractivity contribution is -0.137. The number of fused-ring (bicyclic) bond motifs is 2. The zero-order chi connectivity index (χ0) is 31.4. The largest absolute Gasteiger partial charge is 0.416 e. The van der Waals surface area contributed by atoms with Crippen molar-refractivity contribution in [3.05, 3.63) is 88.9 Å². The lowest BCUT2D eigenvalue weighted by atomic mass is 9.60. The fourth-order valence-electron chi connectivity index (χ4n) is 6.28. The minimum absolute atomic E-state index is 0.00406. The molecule has 1 aromatic carbocycles. The van der Waals surface area contributed by atoms with Gasteiger partial charge in [-0.15, -0.1) is 5.10 Å². The van der Waals surface area contributed by atoms with Crippen LogP contribution in [0.2, 0.25) is 0 Å². The van der Waals surface area contributed by atoms with Crippen molar-refractivity contribution in [1.82, 2.24) is 34.1 Å². The van der Waals surface area contributed by atoms with E-state index in [9.17, 15) is 30.8 Å². The van der Waals surface area contributed by atoms with E-state index in [1.807, 2.05) is 0 Å². The van der Waals surface area contributed by atoms with Crippen LogP contribution in [0.25, 0.3) is 11.8 Å². The molecule has 2 aliphatic carbocycles. The van der Waals surface area contributed by atoms with E-state index in [1.165, 1.54) is 23.5 Å². The molecule has 0 radical (unpaired) electrons. The minimum Gasteiger partial charge on any atom is -0.291 e. The van der Waals surface area contributed by atoms with Gasteiger partial charge in [0.2, 0.25) is 5.03 Å². The number of Topliss-reactive ketones (excluding diaryl/α,β-unsaturated/α-hetero) is 1. The van der Waals surface area contributed by atoms with Crippen LogP contribution in [0.3, 0.4) is 0 Å². The van der Waals surface area contributed by atoms with Gasteiger partial charge in [-0.2, -0.15) is 32.5 Å². The van der Waals surface area contributed by atoms with Gasteiger partial charge in [-0.3, -0.25) is 9.78 Å². The molecule has 0 aliphatic heterocycles. The number of benzene rings is 1. The zero-order valence-corrected chi connectivity index (χ0v) is 24.5. The van der Waals surface area contributed by atoms with Gasteiger partial charge in [0.15, 0.2) is 5.78 Å². The molecule has 2 atom stereocenters. The average molecular weight is 630 g/mol. The van der Waals surface area contributed by atoms with E-state index in [2.05, 4.69) is 20.3 Å². The van der Waals surface area contributed by atoms with Gasteiger partial charge in [-0.1, -0.05) is 12.5 Å². The van der Waals surface area contributed by atoms with Crippen LogP contribution in [0, 0.1) is 11.2 Å². The Hall–Kier alpha value is -4.24. The van der Waals surface area contributed by atoms with Gasteiger partial charge in [-0.05, 0) is 73.7 Å². The molecule has 230 valence electrons. The van der Waals surface area contributed by atoms with Gasteiger partial charge in [-0.25, -0.2) is 17.5 Å². The Balaban J connectivity index is 1.45. The smallest absolute Gasteiger partial charge is 0.291 e. The lowest BCUT2D eigenvalue weighted by Gasteiger charge is -2.46. The van der Waals surface area contributed by atoms with Crippen molar-refractivity contribution in [2.24, 2.45) is 12.5 Å². The summed E-state index contributed by atoms with van der Waals surface area (Å²) in [5.41, 5.74) is -0.239. The summed E-state index contributed by atoms with van der Waals surface area (Å²) in [6.07, 6.45) is 1.48. The van der Waals surface area contributed by atoms with Gasteiger partial charge >= 0.3 is 6.18 Å². The van der Waals surface area contributed by atoms with Crippen molar-refractivity contribution in [2.75, 3.05) is 6.54 Å². The van der Waals surface area contributed by atoms with Crippen molar-refractivity contribution in [2.45, 2.75) is 49.9 Å². The minimum atomic E-state index is -4.69. The first kappa shape index (κ1) is 29.8. The Morgan fingerprint density at radius 3 is 2.55 bits per heavy atom. The number of hydrogen-bond acceptors (Lipinski definition) is 7. The number of hydrogen-bond donors (Lipinski definition) is 0. The summed E-state index contributed by atoms with van der Waals surface area (Å²) in [5.74, 6) is -1.05. The Labute approximate surface area is 250 Å². The van der Waals surface area contributed by atoms with E-state index in [1.54, 1.807) is 36.0 Å². The zero-order valence-electron chi connectivity index (χ0n) is 23.7. The van der Waals surface area contributed by atoms with E-state index in [-0.39, 0.29) is 36.5 Å². The number of pyridine rings is 1. The van der Waals surface area contributed by atoms with Gasteiger partial charge in [0.05, 0.1) is 34.8 Å². The number of nitrogens with zero attached hydrogens (tertiary/aromatic N) is 7. The molecular weight excluding hydrogens is 602 g/mol. The number of carbonyl (C=O) groups is 1. The number of halogens is 4. The molecule has 44 heavy (non-hydrogen) atoms. The second-order valence-electron chi connectivity index (χ2n) is 10.9. The molecule has 0 unspecified atom stereocenters. The highest BCUT2D eigenvalue weighted by Crippen LogP contribution is 2.51. The molecular formula is C29H27F4N7O3S. The molecule has 0 N–H and O–H groups in total. The number of ketones is 1. The summed E-state index contributed by atoms with van der Waals surface area (Å²) >= 11 is 0. The molecule has 3 heterocycles. The molecule has 15 heteroatoms. The van der Waals surface area contributed by atoms with Gasteiger partial charge in [0, 0.05) is 25.8 Å². The molecule has 6 rings (SSSR count). The first-order valence-electron chi connectivity index (χ1n) is 13.8. The standard InChI is InChI=1S/C29H27F4N7O3S/c1-3-39(44(42,43)26-17-35-38(2)37-26)23-7-4-19-13-25-18(16-36-40(25)22-8-5-21(30)6-9-22)14-28(19,15-23)27(41)24-12-20(10-11-34-24)29(31,32)33/h5-6,8-13,16-17,23H,3-4,7,14-15H2,1-2H3/t23-,28-/m0/s1. The molecule has 0 spiro atoms. The monoisotopic (exact) mass is 629 g/mol.